The zero-order valence-corrected chi connectivity index (χ0v) is 70.3. The summed E-state index contributed by atoms with van der Waals surface area (Å²) in [6, 6.07) is 0. The van der Waals surface area contributed by atoms with Gasteiger partial charge in [0.15, 0.2) is 0 Å². The van der Waals surface area contributed by atoms with Crippen molar-refractivity contribution in [2.75, 3.05) is 91.7 Å². The molecule has 0 aliphatic heterocycles. The van der Waals surface area contributed by atoms with Crippen molar-refractivity contribution >= 4 is 0 Å². The molecular weight excluding hydrogens is 1170 g/mol. The first-order valence-electron chi connectivity index (χ1n) is 41.4. The van der Waals surface area contributed by atoms with Crippen molar-refractivity contribution in [2.45, 2.75) is 402 Å². The molecule has 0 bridgehead atoms. The van der Waals surface area contributed by atoms with Crippen LogP contribution in [-0.2, 0) is 0 Å². The highest BCUT2D eigenvalue weighted by atomic mass is 16.3. The quantitative estimate of drug-likeness (QED) is 0.0252. The van der Waals surface area contributed by atoms with E-state index in [0.29, 0.717) is 18.4 Å². The van der Waals surface area contributed by atoms with Gasteiger partial charge in [0.25, 0.3) is 0 Å². The van der Waals surface area contributed by atoms with E-state index in [-0.39, 0.29) is 0 Å². The average Bonchev–Trinajstić information content (AvgIpc) is 3.61. The maximum absolute atomic E-state index is 8.56. The van der Waals surface area contributed by atoms with Crippen molar-refractivity contribution in [2.24, 2.45) is 110 Å². The second-order valence-electron chi connectivity index (χ2n) is 26.4. The third kappa shape index (κ3) is 229. The molecule has 6 unspecified atom stereocenters. The van der Waals surface area contributed by atoms with Crippen LogP contribution in [-0.4, -0.2) is 96.8 Å². The van der Waals surface area contributed by atoms with E-state index < -0.39 is 0 Å². The van der Waals surface area contributed by atoms with Gasteiger partial charge in [0.1, 0.15) is 0 Å². The van der Waals surface area contributed by atoms with Crippen LogP contribution in [0.3, 0.4) is 0 Å². The first-order chi connectivity index (χ1) is 45.7. The smallest absolute Gasteiger partial charge is 0.0456 e. The summed E-state index contributed by atoms with van der Waals surface area (Å²) in [6.45, 7) is 54.9. The van der Waals surface area contributed by atoms with Crippen LogP contribution >= 0.6 is 0 Å². The van der Waals surface area contributed by atoms with E-state index in [0.717, 1.165) is 115 Å². The van der Waals surface area contributed by atoms with Crippen molar-refractivity contribution in [3.05, 3.63) is 0 Å². The largest absolute Gasteiger partial charge is 0.396 e. The molecule has 0 radical (unpaired) electrons. The van der Waals surface area contributed by atoms with Crippen molar-refractivity contribution < 1.29 is 5.11 Å². The molecule has 95 heavy (non-hydrogen) atoms. The molecule has 27 N–H and O–H groups in total. The number of aliphatic hydroxyl groups excluding tert-OH is 1. The Morgan fingerprint density at radius 2 is 0.389 bits per heavy atom. The predicted octanol–water partition coefficient (Wildman–Crippen LogP) is 19.4. The molecule has 0 aromatic rings. The summed E-state index contributed by atoms with van der Waals surface area (Å²) >= 11 is 0. The van der Waals surface area contributed by atoms with Gasteiger partial charge in [-0.1, -0.05) is 318 Å². The monoisotopic (exact) mass is 1370 g/mol. The number of hydrogen-bond acceptors (Lipinski definition) is 14. The third-order valence-electron chi connectivity index (χ3n) is 15.1. The lowest BCUT2D eigenvalue weighted by Crippen LogP contribution is -2.09. The molecule has 598 valence electrons. The van der Waals surface area contributed by atoms with Gasteiger partial charge < -0.3 is 79.6 Å². The Kier molecular flexibility index (Phi) is 204. The van der Waals surface area contributed by atoms with Crippen LogP contribution in [0.1, 0.15) is 402 Å². The zero-order chi connectivity index (χ0) is 76.4. The molecule has 0 amide bonds. The molecule has 6 atom stereocenters. The summed E-state index contributed by atoms with van der Waals surface area (Å²) in [5.41, 5.74) is 68.5. The van der Waals surface area contributed by atoms with E-state index in [1.165, 1.54) is 257 Å². The van der Waals surface area contributed by atoms with Crippen molar-refractivity contribution in [3.63, 3.8) is 0 Å². The molecule has 0 saturated carbocycles. The van der Waals surface area contributed by atoms with Crippen LogP contribution in [0.5, 0.6) is 0 Å². The van der Waals surface area contributed by atoms with Crippen molar-refractivity contribution in [1.29, 1.82) is 0 Å². The van der Waals surface area contributed by atoms with Crippen LogP contribution in [0.25, 0.3) is 0 Å². The molecular formula is C81H203N13O. The van der Waals surface area contributed by atoms with Crippen LogP contribution in [0.2, 0.25) is 0 Å². The second kappa shape index (κ2) is 152. The van der Waals surface area contributed by atoms with E-state index in [2.05, 4.69) is 138 Å². The Hall–Kier alpha value is -0.560. The molecule has 14 heteroatoms. The molecule has 0 spiro atoms. The summed E-state index contributed by atoms with van der Waals surface area (Å²) in [5.74, 6) is 4.23. The Morgan fingerprint density at radius 1 is 0.179 bits per heavy atom. The minimum Gasteiger partial charge on any atom is -0.396 e. The fourth-order valence-electron chi connectivity index (χ4n) is 7.00. The molecule has 14 nitrogen and oxygen atoms in total. The van der Waals surface area contributed by atoms with Gasteiger partial charge >= 0.3 is 0 Å². The van der Waals surface area contributed by atoms with Crippen LogP contribution in [0.4, 0.5) is 0 Å². The molecule has 0 saturated heterocycles. The van der Waals surface area contributed by atoms with Crippen LogP contribution in [0.15, 0.2) is 0 Å². The lowest BCUT2D eigenvalue weighted by atomic mass is 10.1. The summed E-state index contributed by atoms with van der Waals surface area (Å²) in [4.78, 5) is 0. The highest BCUT2D eigenvalue weighted by Gasteiger charge is 1.98. The Bertz CT molecular complexity index is 870. The first kappa shape index (κ1) is 127. The van der Waals surface area contributed by atoms with Crippen molar-refractivity contribution in [1.82, 2.24) is 0 Å². The highest BCUT2D eigenvalue weighted by Crippen LogP contribution is 2.07. The summed E-state index contributed by atoms with van der Waals surface area (Å²) in [7, 11) is 0. The number of hydrogen-bond donors (Lipinski definition) is 14. The number of nitrogens with two attached hydrogens (primary N) is 13. The van der Waals surface area contributed by atoms with Gasteiger partial charge in [0, 0.05) is 6.61 Å². The van der Waals surface area contributed by atoms with Crippen molar-refractivity contribution in [3.8, 4) is 0 Å². The van der Waals surface area contributed by atoms with Gasteiger partial charge in [0.2, 0.25) is 0 Å². The van der Waals surface area contributed by atoms with Gasteiger partial charge in [-0.05, 0) is 204 Å². The zero-order valence-electron chi connectivity index (χ0n) is 70.3. The number of rotatable bonds is 47. The summed E-state index contributed by atoms with van der Waals surface area (Å²) < 4.78 is 0. The number of aliphatic hydroxyl groups is 1. The standard InChI is InChI=1S/C8H19N.2C7H17N.C7H16O.5C6H15N.3C5H13N.C4H11N.C3H9N/c1-2-3-4-5-6-7-8-9;1-3-4-5-7(2)6-8;1-2-3-4-5-6-7-8;1-3-4-5-7(2)6-8;1-3-6(2)4-5-7;2*1-3-4-6(2)5-7;2*1-2-3-4-5-6-7;1-3-5(2)4-6;2*1-2-3-4-5-6;1-2-3-4-5;1-2-3-4/h2-9H2,1H3;7H,3-6,8H2,1-2H3;2-8H2,1H3;7-8H,3-6H2,1-2H3;3*6H,3-5,7H2,1-2H3;2*2-7H2,1H3;5H,3-4,6H2,1-2H3;2*2-6H2,1H3;2-5H2,1H3;2-4H2,1H3. The Morgan fingerprint density at radius 3 is 0.537 bits per heavy atom. The maximum atomic E-state index is 8.56. The minimum absolute atomic E-state index is 0.347. The first-order valence-corrected chi connectivity index (χ1v) is 41.4. The molecule has 0 aromatic heterocycles. The second-order valence-corrected chi connectivity index (χ2v) is 26.4. The van der Waals surface area contributed by atoms with E-state index in [4.69, 9.17) is 79.6 Å². The van der Waals surface area contributed by atoms with E-state index in [1.54, 1.807) is 0 Å². The maximum Gasteiger partial charge on any atom is 0.0456 e. The lowest BCUT2D eigenvalue weighted by Gasteiger charge is -2.04. The lowest BCUT2D eigenvalue weighted by molar-refractivity contribution is 0.228. The van der Waals surface area contributed by atoms with Gasteiger partial charge in [0.05, 0.1) is 0 Å². The summed E-state index contributed by atoms with van der Waals surface area (Å²) in [5, 5.41) is 8.56. The summed E-state index contributed by atoms with van der Waals surface area (Å²) in [6.07, 6.45) is 52.3. The predicted molar refractivity (Wildman–Crippen MR) is 449 cm³/mol. The minimum atomic E-state index is 0.347. The van der Waals surface area contributed by atoms with Gasteiger partial charge in [-0.3, -0.25) is 0 Å². The molecule has 0 aliphatic carbocycles. The normalized spacial score (nSPS) is 11.4. The fraction of sp³-hybridized carbons (Fsp3) is 1.00. The topological polar surface area (TPSA) is 358 Å². The fourth-order valence-corrected chi connectivity index (χ4v) is 7.00. The number of unbranched alkanes of at least 4 members (excludes halogenated alkanes) is 22. The third-order valence-corrected chi connectivity index (χ3v) is 15.1. The molecule has 0 aliphatic rings. The van der Waals surface area contributed by atoms with E-state index in [1.807, 2.05) is 0 Å². The van der Waals surface area contributed by atoms with Crippen LogP contribution in [0, 0.1) is 35.5 Å². The molecule has 0 rings (SSSR count). The van der Waals surface area contributed by atoms with Gasteiger partial charge in [-0.25, -0.2) is 0 Å². The SMILES string of the molecule is CCC(C)CCN.CCC(C)CN.CCCC(C)CN.CCCC(C)CN.CCCCC(C)CN.CCCCC(C)CO.CCCCCCCCN.CCCCCCCN.CCCCCCN.CCCCCCN.CCCCCN.CCCCCN.CCCCN.CCCN. The Balaban J connectivity index is -0.0000000622. The van der Waals surface area contributed by atoms with Crippen LogP contribution < -0.4 is 74.5 Å². The average molecular weight is 1380 g/mol. The van der Waals surface area contributed by atoms with Gasteiger partial charge in [-0.2, -0.15) is 0 Å². The molecule has 0 heterocycles. The Labute approximate surface area is 605 Å². The molecule has 0 fully saturated rings. The highest BCUT2D eigenvalue weighted by molar-refractivity contribution is 4.53. The van der Waals surface area contributed by atoms with Gasteiger partial charge in [-0.15, -0.1) is 0 Å². The van der Waals surface area contributed by atoms with E-state index in [9.17, 15) is 0 Å². The molecule has 0 aromatic carbocycles. The van der Waals surface area contributed by atoms with E-state index >= 15 is 0 Å².